The Kier molecular flexibility index (Phi) is 8.50. The van der Waals surface area contributed by atoms with E-state index in [9.17, 15) is 22.4 Å². The summed E-state index contributed by atoms with van der Waals surface area (Å²) in [7, 11) is -0.540. The molecule has 0 bridgehead atoms. The zero-order chi connectivity index (χ0) is 28.0. The van der Waals surface area contributed by atoms with Crippen LogP contribution in [0.15, 0.2) is 118 Å². The number of rotatable bonds is 9. The maximum atomic E-state index is 14.7. The first kappa shape index (κ1) is 28.0. The monoisotopic (exact) mass is 557 g/mol. The smallest absolute Gasteiger partial charge is 0.479 e. The summed E-state index contributed by atoms with van der Waals surface area (Å²) >= 11 is 0. The van der Waals surface area contributed by atoms with E-state index in [1.807, 2.05) is 60.7 Å². The second-order valence-corrected chi connectivity index (χ2v) is 10.9. The lowest BCUT2D eigenvalue weighted by molar-refractivity contribution is -0.274. The molecule has 0 saturated heterocycles. The lowest BCUT2D eigenvalue weighted by Gasteiger charge is -2.26. The Morgan fingerprint density at radius 1 is 0.769 bits per heavy atom. The summed E-state index contributed by atoms with van der Waals surface area (Å²) in [4.78, 5) is 15.5. The van der Waals surface area contributed by atoms with Gasteiger partial charge in [0.25, 0.3) is 0 Å². The summed E-state index contributed by atoms with van der Waals surface area (Å²) in [5.41, 5.74) is -0.752. The molecular weight excluding hydrogens is 532 g/mol. The largest absolute Gasteiger partial charge is 0.573 e. The molecule has 0 unspecified atom stereocenters. The van der Waals surface area contributed by atoms with E-state index >= 15 is 0 Å². The molecule has 4 rings (SSSR count). The number of carbonyl (C=O) groups is 1. The molecule has 39 heavy (non-hydrogen) atoms. The van der Waals surface area contributed by atoms with Gasteiger partial charge in [-0.2, -0.15) is 0 Å². The number of halogens is 4. The SMILES string of the molecule is CC(C)(OC(=O)COc1cc([S+](c2ccccc2)c2ccccc2)ccc1F)c1ccc(OC(F)(F)F)cc1. The van der Waals surface area contributed by atoms with E-state index in [1.54, 1.807) is 26.0 Å². The van der Waals surface area contributed by atoms with Crippen molar-refractivity contribution < 1.29 is 36.6 Å². The fraction of sp³-hybridized carbons (Fsp3) is 0.167. The molecule has 9 heteroatoms. The van der Waals surface area contributed by atoms with E-state index in [0.29, 0.717) is 5.56 Å². The molecule has 0 atom stereocenters. The van der Waals surface area contributed by atoms with Crippen molar-refractivity contribution in [3.63, 3.8) is 0 Å². The summed E-state index contributed by atoms with van der Waals surface area (Å²) in [6.07, 6.45) is -4.81. The maximum Gasteiger partial charge on any atom is 0.573 e. The molecule has 0 spiro atoms. The van der Waals surface area contributed by atoms with Crippen molar-refractivity contribution in [2.45, 2.75) is 40.5 Å². The lowest BCUT2D eigenvalue weighted by Crippen LogP contribution is -2.28. The van der Waals surface area contributed by atoms with Crippen LogP contribution >= 0.6 is 0 Å². The van der Waals surface area contributed by atoms with Gasteiger partial charge in [0.1, 0.15) is 11.4 Å². The van der Waals surface area contributed by atoms with Gasteiger partial charge in [-0.3, -0.25) is 0 Å². The lowest BCUT2D eigenvalue weighted by atomic mass is 9.98. The Bertz CT molecular complexity index is 1350. The molecule has 0 heterocycles. The van der Waals surface area contributed by atoms with Gasteiger partial charge in [-0.25, -0.2) is 9.18 Å². The molecule has 4 aromatic rings. The number of esters is 1. The Hall–Kier alpha value is -3.98. The number of hydrogen-bond acceptors (Lipinski definition) is 4. The van der Waals surface area contributed by atoms with Crippen LogP contribution in [0.1, 0.15) is 19.4 Å². The molecule has 0 amide bonds. The average Bonchev–Trinajstić information content (AvgIpc) is 2.89. The molecule has 202 valence electrons. The van der Waals surface area contributed by atoms with Gasteiger partial charge in [0.15, 0.2) is 32.9 Å². The normalized spacial score (nSPS) is 11.8. The zero-order valence-electron chi connectivity index (χ0n) is 21.1. The zero-order valence-corrected chi connectivity index (χ0v) is 21.9. The molecule has 0 radical (unpaired) electrons. The van der Waals surface area contributed by atoms with Gasteiger partial charge >= 0.3 is 12.3 Å². The van der Waals surface area contributed by atoms with Crippen LogP contribution in [0.3, 0.4) is 0 Å². The first-order valence-electron chi connectivity index (χ1n) is 11.9. The van der Waals surface area contributed by atoms with Crippen LogP contribution in [-0.2, 0) is 26.0 Å². The first-order valence-corrected chi connectivity index (χ1v) is 13.1. The second kappa shape index (κ2) is 11.8. The predicted octanol–water partition coefficient (Wildman–Crippen LogP) is 7.68. The molecule has 4 nitrogen and oxygen atoms in total. The van der Waals surface area contributed by atoms with Crippen molar-refractivity contribution in [3.8, 4) is 11.5 Å². The van der Waals surface area contributed by atoms with Gasteiger partial charge < -0.3 is 14.2 Å². The van der Waals surface area contributed by atoms with E-state index in [-0.39, 0.29) is 5.75 Å². The fourth-order valence-corrected chi connectivity index (χ4v) is 5.91. The topological polar surface area (TPSA) is 44.8 Å². The number of benzene rings is 4. The molecular formula is C30H25F4O4S+. The summed E-state index contributed by atoms with van der Waals surface area (Å²) in [6, 6.07) is 29.2. The fourth-order valence-electron chi connectivity index (χ4n) is 3.81. The second-order valence-electron chi connectivity index (χ2n) is 8.87. The number of carbonyl (C=O) groups excluding carboxylic acids is 1. The number of ether oxygens (including phenoxy) is 3. The van der Waals surface area contributed by atoms with Gasteiger partial charge in [0.2, 0.25) is 0 Å². The third kappa shape index (κ3) is 7.54. The predicted molar refractivity (Wildman–Crippen MR) is 139 cm³/mol. The van der Waals surface area contributed by atoms with Crippen molar-refractivity contribution >= 4 is 16.9 Å². The van der Waals surface area contributed by atoms with Gasteiger partial charge in [0, 0.05) is 6.07 Å². The summed E-state index contributed by atoms with van der Waals surface area (Å²) in [6.45, 7) is 2.60. The van der Waals surface area contributed by atoms with Gasteiger partial charge in [-0.05, 0) is 67.9 Å². The Balaban J connectivity index is 1.47. The Morgan fingerprint density at radius 2 is 1.33 bits per heavy atom. The minimum absolute atomic E-state index is 0.0970. The third-order valence-corrected chi connectivity index (χ3v) is 7.81. The summed E-state index contributed by atoms with van der Waals surface area (Å²) in [5.74, 6) is -1.89. The van der Waals surface area contributed by atoms with Crippen molar-refractivity contribution in [2.24, 2.45) is 0 Å². The van der Waals surface area contributed by atoms with Crippen LogP contribution in [0.2, 0.25) is 0 Å². The molecule has 0 aliphatic heterocycles. The van der Waals surface area contributed by atoms with Crippen LogP contribution in [0.4, 0.5) is 17.6 Å². The molecule has 0 aliphatic rings. The minimum atomic E-state index is -4.81. The third-order valence-electron chi connectivity index (χ3n) is 5.59. The molecule has 0 aliphatic carbocycles. The van der Waals surface area contributed by atoms with Gasteiger partial charge in [0.05, 0.1) is 10.9 Å². The summed E-state index contributed by atoms with van der Waals surface area (Å²) in [5, 5.41) is 0. The minimum Gasteiger partial charge on any atom is -0.479 e. The van der Waals surface area contributed by atoms with Crippen molar-refractivity contribution in [1.82, 2.24) is 0 Å². The van der Waals surface area contributed by atoms with E-state index in [0.717, 1.165) is 26.8 Å². The molecule has 4 aromatic carbocycles. The number of hydrogen-bond donors (Lipinski definition) is 0. The average molecular weight is 558 g/mol. The van der Waals surface area contributed by atoms with Crippen molar-refractivity contribution in [2.75, 3.05) is 6.61 Å². The van der Waals surface area contributed by atoms with Crippen LogP contribution in [0.5, 0.6) is 11.5 Å². The highest BCUT2D eigenvalue weighted by Gasteiger charge is 2.32. The van der Waals surface area contributed by atoms with E-state index in [1.165, 1.54) is 18.2 Å². The molecule has 0 N–H and O–H groups in total. The highest BCUT2D eigenvalue weighted by Crippen LogP contribution is 2.34. The number of alkyl halides is 3. The van der Waals surface area contributed by atoms with E-state index in [4.69, 9.17) is 9.47 Å². The van der Waals surface area contributed by atoms with Gasteiger partial charge in [-0.15, -0.1) is 13.2 Å². The van der Waals surface area contributed by atoms with E-state index < -0.39 is 47.0 Å². The molecule has 0 saturated carbocycles. The Labute approximate surface area is 226 Å². The first-order chi connectivity index (χ1) is 18.5. The van der Waals surface area contributed by atoms with Gasteiger partial charge in [-0.1, -0.05) is 48.5 Å². The molecule has 0 fully saturated rings. The van der Waals surface area contributed by atoms with Crippen molar-refractivity contribution in [3.05, 3.63) is 115 Å². The standard InChI is InChI=1S/C30H25F4O4S/c1-29(2,21-13-15-22(16-14-21)37-30(32,33)34)38-28(35)20-36-27-19-25(17-18-26(27)31)39(23-9-5-3-6-10-23)24-11-7-4-8-12-24/h3-19H,20H2,1-2H3/q+1. The van der Waals surface area contributed by atoms with E-state index in [2.05, 4.69) is 4.74 Å². The highest BCUT2D eigenvalue weighted by molar-refractivity contribution is 7.97. The highest BCUT2D eigenvalue weighted by atomic mass is 32.2. The quantitative estimate of drug-likeness (QED) is 0.120. The van der Waals surface area contributed by atoms with Crippen LogP contribution in [0.25, 0.3) is 0 Å². The van der Waals surface area contributed by atoms with Crippen LogP contribution in [-0.4, -0.2) is 18.9 Å². The van der Waals surface area contributed by atoms with Crippen molar-refractivity contribution in [1.29, 1.82) is 0 Å². The van der Waals surface area contributed by atoms with Crippen LogP contribution in [0, 0.1) is 5.82 Å². The molecule has 0 aromatic heterocycles. The van der Waals surface area contributed by atoms with Crippen LogP contribution < -0.4 is 9.47 Å². The maximum absolute atomic E-state index is 14.7. The Morgan fingerprint density at radius 3 is 1.87 bits per heavy atom. The summed E-state index contributed by atoms with van der Waals surface area (Å²) < 4.78 is 66.8.